The fourth-order valence-corrected chi connectivity index (χ4v) is 1.30. The van der Waals surface area contributed by atoms with Gasteiger partial charge in [-0.2, -0.15) is 4.98 Å². The van der Waals surface area contributed by atoms with E-state index in [0.717, 1.165) is 0 Å². The van der Waals surface area contributed by atoms with Gasteiger partial charge >= 0.3 is 0 Å². The van der Waals surface area contributed by atoms with Crippen molar-refractivity contribution in [2.45, 2.75) is 26.2 Å². The van der Waals surface area contributed by atoms with Crippen LogP contribution in [0.3, 0.4) is 0 Å². The van der Waals surface area contributed by atoms with Gasteiger partial charge in [-0.1, -0.05) is 20.8 Å². The van der Waals surface area contributed by atoms with E-state index in [9.17, 15) is 0 Å². The fourth-order valence-electron chi connectivity index (χ4n) is 1.30. The monoisotopic (exact) mass is 269 g/mol. The van der Waals surface area contributed by atoms with Gasteiger partial charge < -0.3 is 19.9 Å². The van der Waals surface area contributed by atoms with Crippen molar-refractivity contribution in [3.8, 4) is 5.88 Å². The molecule has 0 aliphatic carbocycles. The summed E-state index contributed by atoms with van der Waals surface area (Å²) in [5, 5.41) is 0. The van der Waals surface area contributed by atoms with Gasteiger partial charge in [0.05, 0.1) is 19.8 Å². The number of ether oxygens (including phenoxy) is 3. The third-order valence-electron chi connectivity index (χ3n) is 2.30. The maximum atomic E-state index is 5.75. The molecule has 0 atom stereocenters. The summed E-state index contributed by atoms with van der Waals surface area (Å²) in [7, 11) is 1.64. The fraction of sp³-hybridized carbons (Fsp3) is 0.692. The topological polar surface area (TPSA) is 79.5 Å². The maximum absolute atomic E-state index is 5.75. The zero-order chi connectivity index (χ0) is 14.3. The molecule has 108 valence electrons. The minimum Gasteiger partial charge on any atom is -0.475 e. The highest BCUT2D eigenvalue weighted by molar-refractivity contribution is 5.34. The molecule has 1 aromatic rings. The summed E-state index contributed by atoms with van der Waals surface area (Å²) >= 11 is 0. The molecule has 0 aliphatic heterocycles. The predicted molar refractivity (Wildman–Crippen MR) is 73.3 cm³/mol. The largest absolute Gasteiger partial charge is 0.475 e. The number of rotatable bonds is 7. The number of anilines is 1. The smallest absolute Gasteiger partial charge is 0.218 e. The molecule has 0 saturated carbocycles. The van der Waals surface area contributed by atoms with E-state index >= 15 is 0 Å². The van der Waals surface area contributed by atoms with Gasteiger partial charge in [-0.3, -0.25) is 0 Å². The van der Waals surface area contributed by atoms with Gasteiger partial charge in [0, 0.05) is 18.6 Å². The van der Waals surface area contributed by atoms with E-state index in [-0.39, 0.29) is 5.41 Å². The Hall–Kier alpha value is -1.40. The Morgan fingerprint density at radius 1 is 1.11 bits per heavy atom. The molecular weight excluding hydrogens is 246 g/mol. The molecule has 0 bridgehead atoms. The van der Waals surface area contributed by atoms with Crippen molar-refractivity contribution >= 4 is 5.82 Å². The molecule has 6 heteroatoms. The second-order valence-corrected chi connectivity index (χ2v) is 5.16. The summed E-state index contributed by atoms with van der Waals surface area (Å²) in [6.45, 7) is 8.12. The molecule has 0 spiro atoms. The van der Waals surface area contributed by atoms with Crippen LogP contribution in [0.25, 0.3) is 0 Å². The zero-order valence-electron chi connectivity index (χ0n) is 12.1. The van der Waals surface area contributed by atoms with Crippen LogP contribution in [0.5, 0.6) is 5.88 Å². The van der Waals surface area contributed by atoms with Gasteiger partial charge in [-0.15, -0.1) is 0 Å². The number of hydrogen-bond acceptors (Lipinski definition) is 6. The number of methoxy groups -OCH3 is 1. The first-order valence-electron chi connectivity index (χ1n) is 6.28. The molecule has 0 unspecified atom stereocenters. The maximum Gasteiger partial charge on any atom is 0.218 e. The second-order valence-electron chi connectivity index (χ2n) is 5.16. The Kier molecular flexibility index (Phi) is 5.98. The van der Waals surface area contributed by atoms with E-state index in [1.165, 1.54) is 0 Å². The highest BCUT2D eigenvalue weighted by Crippen LogP contribution is 2.21. The molecule has 1 aromatic heterocycles. The van der Waals surface area contributed by atoms with Crippen molar-refractivity contribution in [3.63, 3.8) is 0 Å². The van der Waals surface area contributed by atoms with Gasteiger partial charge in [-0.05, 0) is 0 Å². The standard InChI is InChI=1S/C13H23N3O3/c1-13(2,3)12-15-10(14)9-11(16-12)19-8-7-18-6-5-17-4/h9H,5-8H2,1-4H3,(H2,14,15,16). The number of aromatic nitrogens is 2. The molecule has 0 amide bonds. The van der Waals surface area contributed by atoms with Gasteiger partial charge in [0.15, 0.2) is 0 Å². The first kappa shape index (κ1) is 15.7. The van der Waals surface area contributed by atoms with Crippen LogP contribution in [0.2, 0.25) is 0 Å². The quantitative estimate of drug-likeness (QED) is 0.754. The van der Waals surface area contributed by atoms with Gasteiger partial charge in [0.2, 0.25) is 5.88 Å². The van der Waals surface area contributed by atoms with Crippen molar-refractivity contribution in [2.24, 2.45) is 0 Å². The van der Waals surface area contributed by atoms with E-state index < -0.39 is 0 Å². The third kappa shape index (κ3) is 5.85. The molecule has 19 heavy (non-hydrogen) atoms. The SMILES string of the molecule is COCCOCCOc1cc(N)nc(C(C)(C)C)n1. The Balaban J connectivity index is 2.48. The average molecular weight is 269 g/mol. The van der Waals surface area contributed by atoms with Crippen LogP contribution in [-0.4, -0.2) is 43.5 Å². The van der Waals surface area contributed by atoms with Crippen molar-refractivity contribution in [3.05, 3.63) is 11.9 Å². The predicted octanol–water partition coefficient (Wildman–Crippen LogP) is 1.40. The van der Waals surface area contributed by atoms with E-state index in [1.807, 2.05) is 20.8 Å². The Labute approximate surface area is 114 Å². The lowest BCUT2D eigenvalue weighted by atomic mass is 9.96. The lowest BCUT2D eigenvalue weighted by Crippen LogP contribution is -2.18. The normalized spacial score (nSPS) is 11.6. The van der Waals surface area contributed by atoms with Crippen LogP contribution in [0.15, 0.2) is 6.07 Å². The molecule has 2 N–H and O–H groups in total. The Bertz CT molecular complexity index is 391. The van der Waals surface area contributed by atoms with Crippen LogP contribution in [-0.2, 0) is 14.9 Å². The number of hydrogen-bond donors (Lipinski definition) is 1. The Morgan fingerprint density at radius 2 is 1.79 bits per heavy atom. The van der Waals surface area contributed by atoms with Crippen molar-refractivity contribution in [2.75, 3.05) is 39.3 Å². The van der Waals surface area contributed by atoms with Crippen molar-refractivity contribution < 1.29 is 14.2 Å². The van der Waals surface area contributed by atoms with Crippen LogP contribution in [0.4, 0.5) is 5.82 Å². The van der Waals surface area contributed by atoms with E-state index in [4.69, 9.17) is 19.9 Å². The van der Waals surface area contributed by atoms with Gasteiger partial charge in [0.1, 0.15) is 18.2 Å². The second kappa shape index (κ2) is 7.25. The molecule has 6 nitrogen and oxygen atoms in total. The first-order valence-corrected chi connectivity index (χ1v) is 6.28. The average Bonchev–Trinajstić information content (AvgIpc) is 2.32. The summed E-state index contributed by atoms with van der Waals surface area (Å²) < 4.78 is 15.7. The highest BCUT2D eigenvalue weighted by atomic mass is 16.5. The van der Waals surface area contributed by atoms with Crippen LogP contribution >= 0.6 is 0 Å². The molecular formula is C13H23N3O3. The minimum atomic E-state index is -0.164. The van der Waals surface area contributed by atoms with Crippen molar-refractivity contribution in [1.29, 1.82) is 0 Å². The number of nitrogens with zero attached hydrogens (tertiary/aromatic N) is 2. The van der Waals surface area contributed by atoms with Crippen LogP contribution in [0, 0.1) is 0 Å². The summed E-state index contributed by atoms with van der Waals surface area (Å²) in [6, 6.07) is 1.62. The summed E-state index contributed by atoms with van der Waals surface area (Å²) in [4.78, 5) is 8.56. The van der Waals surface area contributed by atoms with E-state index in [1.54, 1.807) is 13.2 Å². The molecule has 1 rings (SSSR count). The Morgan fingerprint density at radius 3 is 2.42 bits per heavy atom. The third-order valence-corrected chi connectivity index (χ3v) is 2.30. The first-order chi connectivity index (χ1) is 8.93. The summed E-state index contributed by atoms with van der Waals surface area (Å²) in [6.07, 6.45) is 0. The minimum absolute atomic E-state index is 0.164. The van der Waals surface area contributed by atoms with E-state index in [0.29, 0.717) is 43.9 Å². The number of nitrogens with two attached hydrogens (primary N) is 1. The van der Waals surface area contributed by atoms with E-state index in [2.05, 4.69) is 9.97 Å². The zero-order valence-corrected chi connectivity index (χ0v) is 12.1. The van der Waals surface area contributed by atoms with Gasteiger partial charge in [-0.25, -0.2) is 4.98 Å². The van der Waals surface area contributed by atoms with Crippen LogP contribution in [0.1, 0.15) is 26.6 Å². The molecule has 0 aromatic carbocycles. The van der Waals surface area contributed by atoms with Gasteiger partial charge in [0.25, 0.3) is 0 Å². The molecule has 0 aliphatic rings. The number of nitrogen functional groups attached to an aromatic ring is 1. The summed E-state index contributed by atoms with van der Waals surface area (Å²) in [5.74, 6) is 1.56. The highest BCUT2D eigenvalue weighted by Gasteiger charge is 2.18. The summed E-state index contributed by atoms with van der Waals surface area (Å²) in [5.41, 5.74) is 5.58. The lowest BCUT2D eigenvalue weighted by Gasteiger charge is -2.17. The van der Waals surface area contributed by atoms with Crippen molar-refractivity contribution in [1.82, 2.24) is 9.97 Å². The molecule has 1 heterocycles. The molecule has 0 saturated heterocycles. The lowest BCUT2D eigenvalue weighted by molar-refractivity contribution is 0.0536. The molecule has 0 radical (unpaired) electrons. The van der Waals surface area contributed by atoms with Crippen LogP contribution < -0.4 is 10.5 Å². The molecule has 0 fully saturated rings.